The molecule has 0 radical (unpaired) electrons. The van der Waals surface area contributed by atoms with Crippen LogP contribution in [0.3, 0.4) is 0 Å². The van der Waals surface area contributed by atoms with E-state index < -0.39 is 0 Å². The highest BCUT2D eigenvalue weighted by Gasteiger charge is 2.27. The normalized spacial score (nSPS) is 13.1. The Kier molecular flexibility index (Phi) is 13.7. The second-order valence-electron chi connectivity index (χ2n) is 31.5. The van der Waals surface area contributed by atoms with Crippen LogP contribution in [-0.2, 0) is 32.5 Å². The molecule has 0 aliphatic heterocycles. The first-order valence-corrected chi connectivity index (χ1v) is 32.1. The highest BCUT2D eigenvalue weighted by atomic mass is 15.0. The second kappa shape index (κ2) is 20.6. The topological polar surface area (TPSA) is 9.86 Å². The highest BCUT2D eigenvalue weighted by molar-refractivity contribution is 6.12. The highest BCUT2D eigenvalue weighted by Crippen LogP contribution is 2.49. The minimum absolute atomic E-state index is 0.0161. The monoisotopic (exact) mass is 1150 g/mol. The Bertz CT molecular complexity index is 4450. The summed E-state index contributed by atoms with van der Waals surface area (Å²) in [5, 5.41) is 10.3. The Hall–Kier alpha value is -8.46. The van der Waals surface area contributed by atoms with Gasteiger partial charge in [0.1, 0.15) is 0 Å². The molecule has 2 nitrogen and oxygen atoms in total. The summed E-state index contributed by atoms with van der Waals surface area (Å²) in [6.07, 6.45) is 0. The Labute approximate surface area is 523 Å². The summed E-state index contributed by atoms with van der Waals surface area (Å²) >= 11 is 0. The maximum atomic E-state index is 2.54. The van der Waals surface area contributed by atoms with Crippen LogP contribution in [-0.4, -0.2) is 9.13 Å². The van der Waals surface area contributed by atoms with Crippen LogP contribution < -0.4 is 0 Å². The van der Waals surface area contributed by atoms with Crippen molar-refractivity contribution < 1.29 is 0 Å². The Morgan fingerprint density at radius 2 is 0.477 bits per heavy atom. The summed E-state index contributed by atoms with van der Waals surface area (Å²) < 4.78 is 4.97. The van der Waals surface area contributed by atoms with Gasteiger partial charge in [0.05, 0.1) is 22.1 Å². The van der Waals surface area contributed by atoms with Gasteiger partial charge in [-0.1, -0.05) is 246 Å². The molecule has 0 saturated heterocycles. The van der Waals surface area contributed by atoms with Crippen LogP contribution in [0.1, 0.15) is 158 Å². The number of hydrogen-bond acceptors (Lipinski definition) is 0. The number of nitrogens with zero attached hydrogens (tertiary/aromatic N) is 2. The fourth-order valence-electron chi connectivity index (χ4n) is 13.9. The molecule has 442 valence electrons. The summed E-state index contributed by atoms with van der Waals surface area (Å²) in [7, 11) is 0. The number of rotatable bonds is 6. The van der Waals surface area contributed by atoms with Gasteiger partial charge in [-0.15, -0.1) is 0 Å². The van der Waals surface area contributed by atoms with Crippen LogP contribution in [0, 0.1) is 0 Å². The zero-order valence-corrected chi connectivity index (χ0v) is 55.5. The van der Waals surface area contributed by atoms with Crippen LogP contribution in [0.25, 0.3) is 121 Å². The fourth-order valence-corrected chi connectivity index (χ4v) is 13.9. The minimum atomic E-state index is -0.0522. The lowest BCUT2D eigenvalue weighted by Crippen LogP contribution is -2.12. The van der Waals surface area contributed by atoms with Gasteiger partial charge >= 0.3 is 0 Å². The van der Waals surface area contributed by atoms with Crippen LogP contribution >= 0.6 is 0 Å². The molecule has 0 saturated carbocycles. The predicted molar refractivity (Wildman–Crippen MR) is 384 cm³/mol. The van der Waals surface area contributed by atoms with Crippen molar-refractivity contribution in [1.29, 1.82) is 0 Å². The van der Waals surface area contributed by atoms with Crippen molar-refractivity contribution in [2.45, 2.75) is 157 Å². The maximum absolute atomic E-state index is 2.54. The Morgan fingerprint density at radius 1 is 0.205 bits per heavy atom. The van der Waals surface area contributed by atoms with Gasteiger partial charge in [-0.25, -0.2) is 0 Å². The van der Waals surface area contributed by atoms with Gasteiger partial charge in [-0.05, 0) is 217 Å². The van der Waals surface area contributed by atoms with Crippen molar-refractivity contribution in [3.8, 4) is 55.9 Å². The van der Waals surface area contributed by atoms with Crippen molar-refractivity contribution in [3.63, 3.8) is 0 Å². The van der Waals surface area contributed by atoms with Gasteiger partial charge in [-0.2, -0.15) is 0 Å². The number of aromatic nitrogens is 2. The third-order valence-corrected chi connectivity index (χ3v) is 19.1. The largest absolute Gasteiger partial charge is 0.309 e. The molecule has 0 amide bonds. The molecule has 88 heavy (non-hydrogen) atoms. The van der Waals surface area contributed by atoms with E-state index in [0.29, 0.717) is 0 Å². The standard InChI is InChI=1S/C86H88N2/c1-81(2,3)55-31-43-77-71(47-55)72-48-56(82(4,5)6)32-44-78(72)87(77)59-35-27-53(28-36-59)67-51-70(64-40-42-76(86(16,17)18)66-26-22-20-24-62(64)66)68(52-69(67)63-39-41-75(85(13,14)15)65-25-21-19-23-61(63)65)54-29-37-60(38-30-54)88-79-45-33-57(83(7,8)9)49-73(79)74-50-58(84(10,11)12)34-46-80(74)88/h19-52H,1-18H3. The van der Waals surface area contributed by atoms with E-state index in [1.165, 1.54) is 143 Å². The molecule has 0 bridgehead atoms. The van der Waals surface area contributed by atoms with Crippen molar-refractivity contribution in [2.75, 3.05) is 0 Å². The molecule has 2 aromatic heterocycles. The van der Waals surface area contributed by atoms with E-state index in [1.807, 2.05) is 0 Å². The van der Waals surface area contributed by atoms with Crippen LogP contribution in [0.2, 0.25) is 0 Å². The molecule has 13 aromatic rings. The number of benzene rings is 11. The van der Waals surface area contributed by atoms with E-state index in [-0.39, 0.29) is 32.5 Å². The second-order valence-corrected chi connectivity index (χ2v) is 31.5. The molecule has 0 spiro atoms. The predicted octanol–water partition coefficient (Wildman–Crippen LogP) is 24.6. The summed E-state index contributed by atoms with van der Waals surface area (Å²) in [6.45, 7) is 41.8. The summed E-state index contributed by atoms with van der Waals surface area (Å²) in [4.78, 5) is 0. The van der Waals surface area contributed by atoms with E-state index in [0.717, 1.165) is 11.4 Å². The minimum Gasteiger partial charge on any atom is -0.309 e. The molecule has 0 atom stereocenters. The summed E-state index contributed by atoms with van der Waals surface area (Å²) in [5.41, 5.74) is 24.8. The summed E-state index contributed by atoms with van der Waals surface area (Å²) in [5.74, 6) is 0. The molecular formula is C86H88N2. The quantitative estimate of drug-likeness (QED) is 0.157. The number of hydrogen-bond donors (Lipinski definition) is 0. The molecule has 2 heteroatoms. The van der Waals surface area contributed by atoms with E-state index in [1.54, 1.807) is 0 Å². The van der Waals surface area contributed by atoms with Crippen LogP contribution in [0.4, 0.5) is 0 Å². The molecule has 0 fully saturated rings. The van der Waals surface area contributed by atoms with Gasteiger partial charge in [0.25, 0.3) is 0 Å². The first-order chi connectivity index (χ1) is 41.4. The molecular weight excluding hydrogens is 1060 g/mol. The fraction of sp³-hybridized carbons (Fsp3) is 0.279. The van der Waals surface area contributed by atoms with Gasteiger partial charge in [0.15, 0.2) is 0 Å². The zero-order valence-electron chi connectivity index (χ0n) is 55.5. The van der Waals surface area contributed by atoms with E-state index in [2.05, 4.69) is 340 Å². The lowest BCUT2D eigenvalue weighted by atomic mass is 9.79. The van der Waals surface area contributed by atoms with Crippen LogP contribution in [0.15, 0.2) is 206 Å². The van der Waals surface area contributed by atoms with E-state index >= 15 is 0 Å². The lowest BCUT2D eigenvalue weighted by Gasteiger charge is -2.25. The van der Waals surface area contributed by atoms with Gasteiger partial charge < -0.3 is 9.13 Å². The van der Waals surface area contributed by atoms with Crippen molar-refractivity contribution in [3.05, 3.63) is 240 Å². The zero-order chi connectivity index (χ0) is 62.4. The van der Waals surface area contributed by atoms with Gasteiger partial charge in [0, 0.05) is 32.9 Å². The molecule has 2 heterocycles. The van der Waals surface area contributed by atoms with E-state index in [4.69, 9.17) is 0 Å². The molecule has 0 unspecified atom stereocenters. The lowest BCUT2D eigenvalue weighted by molar-refractivity contribution is 0.590. The third kappa shape index (κ3) is 10.2. The average molecular weight is 1150 g/mol. The molecule has 0 aliphatic carbocycles. The van der Waals surface area contributed by atoms with Crippen molar-refractivity contribution in [1.82, 2.24) is 9.13 Å². The van der Waals surface area contributed by atoms with Gasteiger partial charge in [0.2, 0.25) is 0 Å². The van der Waals surface area contributed by atoms with E-state index in [9.17, 15) is 0 Å². The third-order valence-electron chi connectivity index (χ3n) is 19.1. The maximum Gasteiger partial charge on any atom is 0.0541 e. The number of fused-ring (bicyclic) bond motifs is 8. The first kappa shape index (κ1) is 58.6. The smallest absolute Gasteiger partial charge is 0.0541 e. The van der Waals surface area contributed by atoms with Crippen LogP contribution in [0.5, 0.6) is 0 Å². The van der Waals surface area contributed by atoms with Gasteiger partial charge in [-0.3, -0.25) is 0 Å². The van der Waals surface area contributed by atoms with Crippen molar-refractivity contribution in [2.24, 2.45) is 0 Å². The SMILES string of the molecule is CC(C)(C)c1ccc2c(c1)c1cc(C(C)(C)C)ccc1n2-c1ccc(-c2cc(-c3ccc(C(C)(C)C)c4ccccc34)c(-c3ccc(-n4c5ccc(C(C)(C)C)cc5c5cc(C(C)(C)C)ccc54)cc3)cc2-c2ccc(C(C)(C)C)c3ccccc23)cc1. The molecule has 0 N–H and O–H groups in total. The first-order valence-electron chi connectivity index (χ1n) is 32.1. The summed E-state index contributed by atoms with van der Waals surface area (Å²) in [6, 6.07) is 80.3. The van der Waals surface area contributed by atoms with Crippen molar-refractivity contribution >= 4 is 65.2 Å². The average Bonchev–Trinajstić information content (AvgIpc) is 1.61. The molecule has 13 rings (SSSR count). The molecule has 11 aromatic carbocycles. The Morgan fingerprint density at radius 3 is 0.739 bits per heavy atom. The molecule has 0 aliphatic rings. The Balaban J connectivity index is 1.07.